The number of methoxy groups -OCH3 is 1. The van der Waals surface area contributed by atoms with E-state index in [0.717, 1.165) is 64.0 Å². The molecule has 2 saturated heterocycles. The molecule has 2 heterocycles. The van der Waals surface area contributed by atoms with E-state index in [1.165, 1.54) is 5.56 Å². The predicted octanol–water partition coefficient (Wildman–Crippen LogP) is 3.44. The van der Waals surface area contributed by atoms with Crippen molar-refractivity contribution >= 4 is 5.91 Å². The van der Waals surface area contributed by atoms with Crippen LogP contribution in [0, 0.1) is 5.92 Å². The summed E-state index contributed by atoms with van der Waals surface area (Å²) in [7, 11) is 1.70. The molecule has 0 aliphatic carbocycles. The smallest absolute Gasteiger partial charge is 0.222 e. The monoisotopic (exact) mass is 331 g/mol. The van der Waals surface area contributed by atoms with E-state index in [2.05, 4.69) is 17.0 Å². The highest BCUT2D eigenvalue weighted by Gasteiger charge is 2.24. The van der Waals surface area contributed by atoms with Crippen molar-refractivity contribution in [2.45, 2.75) is 51.0 Å². The van der Waals surface area contributed by atoms with Gasteiger partial charge in [-0.2, -0.15) is 0 Å². The zero-order chi connectivity index (χ0) is 16.8. The minimum absolute atomic E-state index is 0.313. The van der Waals surface area contributed by atoms with Gasteiger partial charge >= 0.3 is 0 Å². The van der Waals surface area contributed by atoms with Crippen LogP contribution in [0.4, 0.5) is 0 Å². The summed E-state index contributed by atoms with van der Waals surface area (Å²) in [4.78, 5) is 14.4. The SMILES string of the molecule is COc1ccc(CC2CCN(C(=O)CC[C@@H]3CCCO3)CC2)cc1. The summed E-state index contributed by atoms with van der Waals surface area (Å²) in [5, 5.41) is 0. The average molecular weight is 331 g/mol. The molecule has 0 unspecified atom stereocenters. The first-order valence-electron chi connectivity index (χ1n) is 9.27. The van der Waals surface area contributed by atoms with Crippen molar-refractivity contribution in [3.8, 4) is 5.75 Å². The number of ether oxygens (including phenoxy) is 2. The molecule has 4 heteroatoms. The van der Waals surface area contributed by atoms with Crippen LogP contribution in [0.3, 0.4) is 0 Å². The molecule has 0 bridgehead atoms. The van der Waals surface area contributed by atoms with Crippen LogP contribution in [-0.2, 0) is 16.0 Å². The third-order valence-electron chi connectivity index (χ3n) is 5.35. The molecule has 24 heavy (non-hydrogen) atoms. The molecule has 1 atom stereocenters. The fraction of sp³-hybridized carbons (Fsp3) is 0.650. The molecule has 0 saturated carbocycles. The molecule has 0 spiro atoms. The standard InChI is InChI=1S/C20H29NO3/c1-23-18-6-4-16(5-7-18)15-17-10-12-21(13-11-17)20(22)9-8-19-3-2-14-24-19/h4-7,17,19H,2-3,8-15H2,1H3/t19-/m0/s1. The summed E-state index contributed by atoms with van der Waals surface area (Å²) in [5.74, 6) is 1.90. The lowest BCUT2D eigenvalue weighted by molar-refractivity contribution is -0.133. The van der Waals surface area contributed by atoms with Crippen molar-refractivity contribution in [3.63, 3.8) is 0 Å². The first-order chi connectivity index (χ1) is 11.7. The Bertz CT molecular complexity index is 514. The number of hydrogen-bond acceptors (Lipinski definition) is 3. The van der Waals surface area contributed by atoms with E-state index in [4.69, 9.17) is 9.47 Å². The van der Waals surface area contributed by atoms with Gasteiger partial charge in [-0.15, -0.1) is 0 Å². The Kier molecular flexibility index (Phi) is 6.13. The minimum atomic E-state index is 0.313. The van der Waals surface area contributed by atoms with E-state index in [1.807, 2.05) is 12.1 Å². The largest absolute Gasteiger partial charge is 0.497 e. The lowest BCUT2D eigenvalue weighted by atomic mass is 9.90. The number of rotatable bonds is 6. The average Bonchev–Trinajstić information content (AvgIpc) is 3.14. The van der Waals surface area contributed by atoms with E-state index in [1.54, 1.807) is 7.11 Å². The molecule has 1 aromatic carbocycles. The topological polar surface area (TPSA) is 38.8 Å². The van der Waals surface area contributed by atoms with E-state index in [9.17, 15) is 4.79 Å². The van der Waals surface area contributed by atoms with Gasteiger partial charge in [0.1, 0.15) is 5.75 Å². The Morgan fingerprint density at radius 1 is 1.21 bits per heavy atom. The Hall–Kier alpha value is -1.55. The minimum Gasteiger partial charge on any atom is -0.497 e. The molecule has 2 aliphatic rings. The molecule has 2 aliphatic heterocycles. The maximum absolute atomic E-state index is 12.3. The van der Waals surface area contributed by atoms with Gasteiger partial charge < -0.3 is 14.4 Å². The molecular weight excluding hydrogens is 302 g/mol. The van der Waals surface area contributed by atoms with Gasteiger partial charge in [0, 0.05) is 26.1 Å². The molecule has 1 amide bonds. The highest BCUT2D eigenvalue weighted by Crippen LogP contribution is 2.24. The summed E-state index contributed by atoms with van der Waals surface area (Å²) in [6, 6.07) is 8.36. The predicted molar refractivity (Wildman–Crippen MR) is 94.2 cm³/mol. The number of carbonyl (C=O) groups excluding carboxylic acids is 1. The number of benzene rings is 1. The Labute approximate surface area is 145 Å². The highest BCUT2D eigenvalue weighted by atomic mass is 16.5. The summed E-state index contributed by atoms with van der Waals surface area (Å²) in [6.07, 6.45) is 7.45. The third-order valence-corrected chi connectivity index (χ3v) is 5.35. The Morgan fingerprint density at radius 2 is 1.96 bits per heavy atom. The third kappa shape index (κ3) is 4.73. The van der Waals surface area contributed by atoms with Crippen molar-refractivity contribution < 1.29 is 14.3 Å². The van der Waals surface area contributed by atoms with Crippen LogP contribution < -0.4 is 4.74 Å². The first kappa shape index (κ1) is 17.3. The summed E-state index contributed by atoms with van der Waals surface area (Å²) >= 11 is 0. The van der Waals surface area contributed by atoms with Crippen LogP contribution >= 0.6 is 0 Å². The van der Waals surface area contributed by atoms with Crippen LogP contribution in [0.2, 0.25) is 0 Å². The summed E-state index contributed by atoms with van der Waals surface area (Å²) in [6.45, 7) is 2.69. The number of amides is 1. The van der Waals surface area contributed by atoms with Crippen molar-refractivity contribution in [1.82, 2.24) is 4.90 Å². The molecular formula is C20H29NO3. The highest BCUT2D eigenvalue weighted by molar-refractivity contribution is 5.76. The number of carbonyl (C=O) groups is 1. The van der Waals surface area contributed by atoms with Crippen LogP contribution in [-0.4, -0.2) is 43.7 Å². The van der Waals surface area contributed by atoms with Crippen molar-refractivity contribution in [2.75, 3.05) is 26.8 Å². The maximum Gasteiger partial charge on any atom is 0.222 e. The molecule has 4 nitrogen and oxygen atoms in total. The fourth-order valence-corrected chi connectivity index (χ4v) is 3.80. The van der Waals surface area contributed by atoms with Crippen molar-refractivity contribution in [3.05, 3.63) is 29.8 Å². The van der Waals surface area contributed by atoms with E-state index in [0.29, 0.717) is 24.3 Å². The second-order valence-corrected chi connectivity index (χ2v) is 7.05. The number of likely N-dealkylation sites (tertiary alicyclic amines) is 1. The lowest BCUT2D eigenvalue weighted by Gasteiger charge is -2.32. The van der Waals surface area contributed by atoms with Crippen LogP contribution in [0.5, 0.6) is 5.75 Å². The van der Waals surface area contributed by atoms with Crippen LogP contribution in [0.15, 0.2) is 24.3 Å². The van der Waals surface area contributed by atoms with Gasteiger partial charge in [-0.25, -0.2) is 0 Å². The second-order valence-electron chi connectivity index (χ2n) is 7.05. The zero-order valence-electron chi connectivity index (χ0n) is 14.7. The van der Waals surface area contributed by atoms with Crippen molar-refractivity contribution in [1.29, 1.82) is 0 Å². The molecule has 3 rings (SSSR count). The van der Waals surface area contributed by atoms with Gasteiger partial charge in [0.15, 0.2) is 0 Å². The molecule has 0 N–H and O–H groups in total. The van der Waals surface area contributed by atoms with Crippen LogP contribution in [0.1, 0.15) is 44.1 Å². The first-order valence-corrected chi connectivity index (χ1v) is 9.27. The number of nitrogens with zero attached hydrogens (tertiary/aromatic N) is 1. The van der Waals surface area contributed by atoms with Gasteiger partial charge in [0.05, 0.1) is 13.2 Å². The Morgan fingerprint density at radius 3 is 2.58 bits per heavy atom. The van der Waals surface area contributed by atoms with E-state index in [-0.39, 0.29) is 0 Å². The Balaban J connectivity index is 1.38. The maximum atomic E-state index is 12.3. The van der Waals surface area contributed by atoms with Gasteiger partial charge in [0.2, 0.25) is 5.91 Å². The number of piperidine rings is 1. The van der Waals surface area contributed by atoms with E-state index >= 15 is 0 Å². The second kappa shape index (κ2) is 8.52. The van der Waals surface area contributed by atoms with E-state index < -0.39 is 0 Å². The molecule has 132 valence electrons. The molecule has 0 aromatic heterocycles. The number of hydrogen-bond donors (Lipinski definition) is 0. The quantitative estimate of drug-likeness (QED) is 0.801. The normalized spacial score (nSPS) is 21.9. The molecule has 2 fully saturated rings. The molecule has 1 aromatic rings. The fourth-order valence-electron chi connectivity index (χ4n) is 3.80. The molecule has 0 radical (unpaired) electrons. The van der Waals surface area contributed by atoms with Gasteiger partial charge in [-0.05, 0) is 62.1 Å². The summed E-state index contributed by atoms with van der Waals surface area (Å²) < 4.78 is 10.8. The lowest BCUT2D eigenvalue weighted by Crippen LogP contribution is -2.39. The zero-order valence-corrected chi connectivity index (χ0v) is 14.7. The van der Waals surface area contributed by atoms with Gasteiger partial charge in [-0.3, -0.25) is 4.79 Å². The van der Waals surface area contributed by atoms with Gasteiger partial charge in [0.25, 0.3) is 0 Å². The van der Waals surface area contributed by atoms with Crippen molar-refractivity contribution in [2.24, 2.45) is 5.92 Å². The van der Waals surface area contributed by atoms with Crippen LogP contribution in [0.25, 0.3) is 0 Å². The summed E-state index contributed by atoms with van der Waals surface area (Å²) in [5.41, 5.74) is 1.36. The van der Waals surface area contributed by atoms with Gasteiger partial charge in [-0.1, -0.05) is 12.1 Å².